The van der Waals surface area contributed by atoms with E-state index < -0.39 is 5.97 Å². The maximum absolute atomic E-state index is 10.4. The Morgan fingerprint density at radius 1 is 1.05 bits per heavy atom. The van der Waals surface area contributed by atoms with Gasteiger partial charge in [-0.05, 0) is 32.1 Å². The van der Waals surface area contributed by atoms with Crippen molar-refractivity contribution in [2.24, 2.45) is 5.90 Å². The fourth-order valence-electron chi connectivity index (χ4n) is 2.47. The van der Waals surface area contributed by atoms with E-state index in [1.165, 1.54) is 38.5 Å². The molecule has 1 atom stereocenters. The minimum Gasteiger partial charge on any atom is -0.481 e. The van der Waals surface area contributed by atoms with Crippen molar-refractivity contribution in [2.75, 3.05) is 0 Å². The highest BCUT2D eigenvalue weighted by atomic mass is 16.6. The molecule has 0 bridgehead atoms. The summed E-state index contributed by atoms with van der Waals surface area (Å²) in [6, 6.07) is 0. The number of carboxylic acid groups (broad SMARTS) is 1. The number of carbonyl (C=O) groups is 1. The normalized spacial score (nSPS) is 12.8. The third-order valence-electron chi connectivity index (χ3n) is 3.90. The minimum atomic E-state index is -0.686. The predicted molar refractivity (Wildman–Crippen MR) is 91.5 cm³/mol. The third kappa shape index (κ3) is 15.5. The lowest BCUT2D eigenvalue weighted by Crippen LogP contribution is -2.16. The Balaban J connectivity index is 3.41. The van der Waals surface area contributed by atoms with E-state index in [2.05, 4.69) is 19.1 Å². The van der Waals surface area contributed by atoms with Crippen molar-refractivity contribution in [3.05, 3.63) is 12.2 Å². The van der Waals surface area contributed by atoms with Gasteiger partial charge in [-0.25, -0.2) is 5.90 Å². The molecule has 0 aliphatic carbocycles. The van der Waals surface area contributed by atoms with Gasteiger partial charge in [0.25, 0.3) is 0 Å². The molecule has 0 fully saturated rings. The fourth-order valence-corrected chi connectivity index (χ4v) is 2.47. The van der Waals surface area contributed by atoms with Gasteiger partial charge in [-0.3, -0.25) is 4.79 Å². The maximum atomic E-state index is 10.4. The molecule has 22 heavy (non-hydrogen) atoms. The molecule has 0 saturated carbocycles. The largest absolute Gasteiger partial charge is 0.481 e. The molecule has 0 rings (SSSR count). The van der Waals surface area contributed by atoms with Crippen LogP contribution in [0.2, 0.25) is 0 Å². The number of unbranched alkanes of at least 4 members (excludes halogenated alkanes) is 8. The molecule has 0 aromatic carbocycles. The molecule has 0 aliphatic rings. The standard InChI is InChI=1S/C18H35NO3/c1-2-3-4-11-14-17(22-19)15-12-9-7-5-6-8-10-13-16-18(20)21/h9,12,17H,2-8,10-11,13-16,19H2,1H3,(H,20,21)/b12-9+. The van der Waals surface area contributed by atoms with Gasteiger partial charge in [0.15, 0.2) is 0 Å². The summed E-state index contributed by atoms with van der Waals surface area (Å²) in [6.07, 6.45) is 18.2. The van der Waals surface area contributed by atoms with E-state index in [4.69, 9.17) is 15.8 Å². The van der Waals surface area contributed by atoms with E-state index in [-0.39, 0.29) is 6.10 Å². The second kappa shape index (κ2) is 16.5. The van der Waals surface area contributed by atoms with Crippen molar-refractivity contribution < 1.29 is 14.7 Å². The zero-order chi connectivity index (χ0) is 16.5. The van der Waals surface area contributed by atoms with E-state index in [0.29, 0.717) is 6.42 Å². The van der Waals surface area contributed by atoms with Crippen LogP contribution < -0.4 is 5.90 Å². The highest BCUT2D eigenvalue weighted by molar-refractivity contribution is 5.66. The first-order chi connectivity index (χ1) is 10.7. The van der Waals surface area contributed by atoms with Crippen LogP contribution in [0.5, 0.6) is 0 Å². The van der Waals surface area contributed by atoms with Crippen molar-refractivity contribution in [1.29, 1.82) is 0 Å². The lowest BCUT2D eigenvalue weighted by molar-refractivity contribution is -0.137. The van der Waals surface area contributed by atoms with Crippen LogP contribution in [0, 0.1) is 0 Å². The molecule has 0 spiro atoms. The topological polar surface area (TPSA) is 72.5 Å². The zero-order valence-electron chi connectivity index (χ0n) is 14.3. The van der Waals surface area contributed by atoms with Crippen LogP contribution >= 0.6 is 0 Å². The molecule has 4 nitrogen and oxygen atoms in total. The van der Waals surface area contributed by atoms with Gasteiger partial charge < -0.3 is 9.94 Å². The van der Waals surface area contributed by atoms with Crippen LogP contribution in [0.3, 0.4) is 0 Å². The Labute approximate surface area is 136 Å². The number of hydrogen-bond donors (Lipinski definition) is 2. The smallest absolute Gasteiger partial charge is 0.303 e. The van der Waals surface area contributed by atoms with E-state index >= 15 is 0 Å². The van der Waals surface area contributed by atoms with E-state index in [1.807, 2.05) is 0 Å². The summed E-state index contributed by atoms with van der Waals surface area (Å²) >= 11 is 0. The summed E-state index contributed by atoms with van der Waals surface area (Å²) < 4.78 is 0. The number of aliphatic carboxylic acids is 1. The SMILES string of the molecule is CCCCCCC(C/C=C/CCCCCCCC(=O)O)ON. The Bertz CT molecular complexity index is 280. The third-order valence-corrected chi connectivity index (χ3v) is 3.90. The Morgan fingerprint density at radius 3 is 2.41 bits per heavy atom. The van der Waals surface area contributed by atoms with Crippen LogP contribution in [0.25, 0.3) is 0 Å². The number of rotatable bonds is 16. The minimum absolute atomic E-state index is 0.157. The molecule has 0 amide bonds. The van der Waals surface area contributed by atoms with Gasteiger partial charge in [0.05, 0.1) is 6.10 Å². The molecule has 0 aromatic heterocycles. The Kier molecular flexibility index (Phi) is 15.8. The maximum Gasteiger partial charge on any atom is 0.303 e. The number of allylic oxidation sites excluding steroid dienone is 1. The van der Waals surface area contributed by atoms with Crippen LogP contribution in [0.1, 0.15) is 90.4 Å². The van der Waals surface area contributed by atoms with Gasteiger partial charge >= 0.3 is 5.97 Å². The summed E-state index contributed by atoms with van der Waals surface area (Å²) in [5, 5.41) is 8.53. The highest BCUT2D eigenvalue weighted by Gasteiger charge is 2.05. The van der Waals surface area contributed by atoms with E-state index in [0.717, 1.165) is 38.5 Å². The molecule has 3 N–H and O–H groups in total. The molecule has 0 saturated heterocycles. The Hall–Kier alpha value is -0.870. The summed E-state index contributed by atoms with van der Waals surface area (Å²) in [7, 11) is 0. The predicted octanol–water partition coefficient (Wildman–Crippen LogP) is 4.98. The Morgan fingerprint density at radius 2 is 1.73 bits per heavy atom. The lowest BCUT2D eigenvalue weighted by atomic mass is 10.1. The second-order valence-electron chi connectivity index (χ2n) is 6.01. The summed E-state index contributed by atoms with van der Waals surface area (Å²) in [5.74, 6) is 4.66. The molecule has 130 valence electrons. The van der Waals surface area contributed by atoms with Crippen molar-refractivity contribution in [2.45, 2.75) is 96.5 Å². The zero-order valence-corrected chi connectivity index (χ0v) is 14.3. The summed E-state index contributed by atoms with van der Waals surface area (Å²) in [4.78, 5) is 15.4. The summed E-state index contributed by atoms with van der Waals surface area (Å²) in [6.45, 7) is 2.21. The van der Waals surface area contributed by atoms with Crippen LogP contribution in [0.15, 0.2) is 12.2 Å². The van der Waals surface area contributed by atoms with Gasteiger partial charge in [-0.1, -0.05) is 64.0 Å². The van der Waals surface area contributed by atoms with Gasteiger partial charge in [0.1, 0.15) is 0 Å². The molecular weight excluding hydrogens is 278 g/mol. The first-order valence-electron chi connectivity index (χ1n) is 8.93. The van der Waals surface area contributed by atoms with Gasteiger partial charge in [0, 0.05) is 6.42 Å². The molecule has 1 unspecified atom stereocenters. The van der Waals surface area contributed by atoms with Gasteiger partial charge in [-0.2, -0.15) is 0 Å². The van der Waals surface area contributed by atoms with E-state index in [9.17, 15) is 4.79 Å². The summed E-state index contributed by atoms with van der Waals surface area (Å²) in [5.41, 5.74) is 0. The van der Waals surface area contributed by atoms with Crippen LogP contribution in [-0.2, 0) is 9.63 Å². The van der Waals surface area contributed by atoms with Crippen molar-refractivity contribution in [3.63, 3.8) is 0 Å². The van der Waals surface area contributed by atoms with Gasteiger partial charge in [-0.15, -0.1) is 0 Å². The van der Waals surface area contributed by atoms with Gasteiger partial charge in [0.2, 0.25) is 0 Å². The van der Waals surface area contributed by atoms with Crippen LogP contribution in [-0.4, -0.2) is 17.2 Å². The molecule has 0 radical (unpaired) electrons. The number of hydrogen-bond acceptors (Lipinski definition) is 3. The molecule has 4 heteroatoms. The van der Waals surface area contributed by atoms with E-state index in [1.54, 1.807) is 0 Å². The monoisotopic (exact) mass is 313 g/mol. The van der Waals surface area contributed by atoms with Crippen LogP contribution in [0.4, 0.5) is 0 Å². The highest BCUT2D eigenvalue weighted by Crippen LogP contribution is 2.11. The quantitative estimate of drug-likeness (QED) is 0.239. The lowest BCUT2D eigenvalue weighted by Gasteiger charge is -2.11. The average Bonchev–Trinajstić information content (AvgIpc) is 2.50. The fraction of sp³-hybridized carbons (Fsp3) is 0.833. The molecule has 0 aliphatic heterocycles. The molecule has 0 heterocycles. The average molecular weight is 313 g/mol. The first-order valence-corrected chi connectivity index (χ1v) is 8.93. The number of nitrogens with two attached hydrogens (primary N) is 1. The second-order valence-corrected chi connectivity index (χ2v) is 6.01. The van der Waals surface area contributed by atoms with Crippen molar-refractivity contribution in [3.8, 4) is 0 Å². The van der Waals surface area contributed by atoms with Crippen molar-refractivity contribution >= 4 is 5.97 Å². The molecular formula is C18H35NO3. The number of carboxylic acids is 1. The molecule has 0 aromatic rings. The first kappa shape index (κ1) is 21.1. The van der Waals surface area contributed by atoms with Crippen molar-refractivity contribution in [1.82, 2.24) is 0 Å².